The number of carbonyl (C=O) groups excluding carboxylic acids is 3. The Morgan fingerprint density at radius 1 is 0.943 bits per heavy atom. The summed E-state index contributed by atoms with van der Waals surface area (Å²) in [7, 11) is 0. The van der Waals surface area contributed by atoms with Gasteiger partial charge in [-0.2, -0.15) is 0 Å². The fourth-order valence-electron chi connectivity index (χ4n) is 3.56. The monoisotopic (exact) mass is 474 g/mol. The van der Waals surface area contributed by atoms with Crippen molar-refractivity contribution in [3.63, 3.8) is 0 Å². The van der Waals surface area contributed by atoms with Crippen molar-refractivity contribution in [3.05, 3.63) is 84.1 Å². The molecule has 1 aromatic heterocycles. The van der Waals surface area contributed by atoms with Gasteiger partial charge in [-0.1, -0.05) is 35.9 Å². The molecule has 35 heavy (non-hydrogen) atoms. The predicted octanol–water partition coefficient (Wildman–Crippen LogP) is 4.11. The topological polar surface area (TPSA) is 112 Å². The smallest absolute Gasteiger partial charge is 0.248 e. The Balaban J connectivity index is 1.92. The van der Waals surface area contributed by atoms with E-state index >= 15 is 0 Å². The lowest BCUT2D eigenvalue weighted by molar-refractivity contribution is -0.127. The van der Waals surface area contributed by atoms with Crippen molar-refractivity contribution in [2.24, 2.45) is 0 Å². The van der Waals surface area contributed by atoms with Crippen LogP contribution in [0.1, 0.15) is 43.9 Å². The fraction of sp³-hybridized carbons (Fsp3) is 0.259. The maximum absolute atomic E-state index is 13.6. The standard InChI is InChI=1S/C27H30N4O4/c1-18(2)29-27(35)26(20-9-13-22(32)14-10-20)31(21-11-7-19(3)8-12-21)25(34)16-15-24(33)30-23-6-4-5-17-28-23/h4-14,17-18,26,32H,15-16H2,1-3H3,(H,29,35)(H,28,30,33). The summed E-state index contributed by atoms with van der Waals surface area (Å²) in [6, 6.07) is 17.5. The van der Waals surface area contributed by atoms with Crippen LogP contribution in [0.3, 0.4) is 0 Å². The van der Waals surface area contributed by atoms with Gasteiger partial charge < -0.3 is 15.7 Å². The third-order valence-corrected chi connectivity index (χ3v) is 5.23. The number of pyridine rings is 1. The normalized spacial score (nSPS) is 11.5. The summed E-state index contributed by atoms with van der Waals surface area (Å²) < 4.78 is 0. The number of rotatable bonds is 9. The molecule has 0 aliphatic rings. The van der Waals surface area contributed by atoms with Crippen molar-refractivity contribution >= 4 is 29.2 Å². The number of hydrogen-bond donors (Lipinski definition) is 3. The van der Waals surface area contributed by atoms with Gasteiger partial charge in [0.2, 0.25) is 17.7 Å². The van der Waals surface area contributed by atoms with Gasteiger partial charge in [-0.05, 0) is 62.7 Å². The van der Waals surface area contributed by atoms with Crippen LogP contribution in [0.15, 0.2) is 72.9 Å². The minimum Gasteiger partial charge on any atom is -0.508 e. The van der Waals surface area contributed by atoms with Crippen molar-refractivity contribution in [1.29, 1.82) is 0 Å². The number of anilines is 2. The van der Waals surface area contributed by atoms with Gasteiger partial charge >= 0.3 is 0 Å². The van der Waals surface area contributed by atoms with Crippen LogP contribution in [0.25, 0.3) is 0 Å². The molecule has 0 spiro atoms. The second-order valence-corrected chi connectivity index (χ2v) is 8.52. The van der Waals surface area contributed by atoms with E-state index in [1.165, 1.54) is 17.0 Å². The zero-order valence-corrected chi connectivity index (χ0v) is 20.1. The minimum atomic E-state index is -0.993. The number of aromatic hydroxyl groups is 1. The van der Waals surface area contributed by atoms with Crippen LogP contribution in [-0.2, 0) is 14.4 Å². The molecule has 0 radical (unpaired) electrons. The molecule has 8 heteroatoms. The molecule has 0 saturated heterocycles. The number of aromatic nitrogens is 1. The predicted molar refractivity (Wildman–Crippen MR) is 135 cm³/mol. The number of benzene rings is 2. The molecule has 0 saturated carbocycles. The van der Waals surface area contributed by atoms with E-state index in [2.05, 4.69) is 15.6 Å². The van der Waals surface area contributed by atoms with Crippen LogP contribution >= 0.6 is 0 Å². The van der Waals surface area contributed by atoms with Crippen LogP contribution in [0, 0.1) is 6.92 Å². The molecule has 3 amide bonds. The number of nitrogens with one attached hydrogen (secondary N) is 2. The zero-order valence-electron chi connectivity index (χ0n) is 20.1. The van der Waals surface area contributed by atoms with E-state index in [1.807, 2.05) is 32.9 Å². The zero-order chi connectivity index (χ0) is 25.4. The molecule has 0 bridgehead atoms. The highest BCUT2D eigenvalue weighted by Gasteiger charge is 2.33. The molecule has 2 aromatic carbocycles. The second kappa shape index (κ2) is 11.8. The van der Waals surface area contributed by atoms with E-state index in [0.29, 0.717) is 17.1 Å². The quantitative estimate of drug-likeness (QED) is 0.432. The van der Waals surface area contributed by atoms with Gasteiger partial charge in [-0.15, -0.1) is 0 Å². The fourth-order valence-corrected chi connectivity index (χ4v) is 3.56. The highest BCUT2D eigenvalue weighted by Crippen LogP contribution is 2.30. The first-order valence-corrected chi connectivity index (χ1v) is 11.4. The third kappa shape index (κ3) is 7.14. The molecule has 0 aliphatic carbocycles. The van der Waals surface area contributed by atoms with Gasteiger partial charge in [0.25, 0.3) is 0 Å². The Hall–Kier alpha value is -4.20. The van der Waals surface area contributed by atoms with E-state index < -0.39 is 6.04 Å². The third-order valence-electron chi connectivity index (χ3n) is 5.23. The first-order valence-electron chi connectivity index (χ1n) is 11.4. The Morgan fingerprint density at radius 3 is 2.23 bits per heavy atom. The van der Waals surface area contributed by atoms with Gasteiger partial charge in [0.1, 0.15) is 17.6 Å². The summed E-state index contributed by atoms with van der Waals surface area (Å²) in [6.07, 6.45) is 1.37. The van der Waals surface area contributed by atoms with Gasteiger partial charge in [0.15, 0.2) is 0 Å². The molecular weight excluding hydrogens is 444 g/mol. The van der Waals surface area contributed by atoms with Gasteiger partial charge in [0.05, 0.1) is 0 Å². The van der Waals surface area contributed by atoms with Crippen molar-refractivity contribution in [1.82, 2.24) is 10.3 Å². The molecule has 1 heterocycles. The van der Waals surface area contributed by atoms with E-state index in [4.69, 9.17) is 0 Å². The highest BCUT2D eigenvalue weighted by atomic mass is 16.3. The molecule has 8 nitrogen and oxygen atoms in total. The van der Waals surface area contributed by atoms with Crippen molar-refractivity contribution in [2.75, 3.05) is 10.2 Å². The first kappa shape index (κ1) is 25.4. The van der Waals surface area contributed by atoms with Crippen LogP contribution < -0.4 is 15.5 Å². The van der Waals surface area contributed by atoms with Crippen molar-refractivity contribution in [2.45, 2.75) is 45.7 Å². The second-order valence-electron chi connectivity index (χ2n) is 8.52. The number of carbonyl (C=O) groups is 3. The van der Waals surface area contributed by atoms with E-state index in [0.717, 1.165) is 5.56 Å². The summed E-state index contributed by atoms with van der Waals surface area (Å²) in [5, 5.41) is 15.3. The summed E-state index contributed by atoms with van der Waals surface area (Å²) >= 11 is 0. The number of phenols is 1. The van der Waals surface area contributed by atoms with Crippen LogP contribution in [0.2, 0.25) is 0 Å². The van der Waals surface area contributed by atoms with Gasteiger partial charge in [-0.3, -0.25) is 19.3 Å². The average Bonchev–Trinajstić information content (AvgIpc) is 2.82. The Morgan fingerprint density at radius 2 is 1.63 bits per heavy atom. The number of amides is 3. The average molecular weight is 475 g/mol. The van der Waals surface area contributed by atoms with E-state index in [9.17, 15) is 19.5 Å². The van der Waals surface area contributed by atoms with Gasteiger partial charge in [0, 0.05) is 30.8 Å². The molecule has 0 fully saturated rings. The largest absolute Gasteiger partial charge is 0.508 e. The summed E-state index contributed by atoms with van der Waals surface area (Å²) in [4.78, 5) is 44.8. The van der Waals surface area contributed by atoms with Crippen molar-refractivity contribution < 1.29 is 19.5 Å². The molecule has 1 unspecified atom stereocenters. The maximum Gasteiger partial charge on any atom is 0.248 e. The summed E-state index contributed by atoms with van der Waals surface area (Å²) in [6.45, 7) is 5.61. The van der Waals surface area contributed by atoms with Crippen LogP contribution in [0.4, 0.5) is 11.5 Å². The molecule has 0 aliphatic heterocycles. The van der Waals surface area contributed by atoms with Crippen molar-refractivity contribution in [3.8, 4) is 5.75 Å². The molecule has 1 atom stereocenters. The Kier molecular flexibility index (Phi) is 8.56. The number of nitrogens with zero attached hydrogens (tertiary/aromatic N) is 2. The number of phenolic OH excluding ortho intramolecular Hbond substituents is 1. The lowest BCUT2D eigenvalue weighted by Crippen LogP contribution is -2.46. The SMILES string of the molecule is Cc1ccc(N(C(=O)CCC(=O)Nc2ccccn2)C(C(=O)NC(C)C)c2ccc(O)cc2)cc1. The summed E-state index contributed by atoms with van der Waals surface area (Å²) in [5.74, 6) is -0.650. The van der Waals surface area contributed by atoms with E-state index in [1.54, 1.807) is 48.7 Å². The molecule has 182 valence electrons. The number of hydrogen-bond acceptors (Lipinski definition) is 5. The molecule has 3 N–H and O–H groups in total. The lowest BCUT2D eigenvalue weighted by atomic mass is 10.0. The van der Waals surface area contributed by atoms with Crippen LogP contribution in [0.5, 0.6) is 5.75 Å². The lowest BCUT2D eigenvalue weighted by Gasteiger charge is -2.32. The highest BCUT2D eigenvalue weighted by molar-refractivity contribution is 6.03. The number of aryl methyl sites for hydroxylation is 1. The molecule has 3 rings (SSSR count). The molecular formula is C27H30N4O4. The summed E-state index contributed by atoms with van der Waals surface area (Å²) in [5.41, 5.74) is 2.07. The maximum atomic E-state index is 13.6. The van der Waals surface area contributed by atoms with Crippen LogP contribution in [-0.4, -0.2) is 33.9 Å². The first-order chi connectivity index (χ1) is 16.7. The minimum absolute atomic E-state index is 0.0520. The molecule has 3 aromatic rings. The Labute approximate surface area is 205 Å². The Bertz CT molecular complexity index is 1150. The van der Waals surface area contributed by atoms with E-state index in [-0.39, 0.29) is 42.4 Å². The van der Waals surface area contributed by atoms with Gasteiger partial charge in [-0.25, -0.2) is 4.98 Å².